The van der Waals surface area contributed by atoms with Crippen LogP contribution in [0.2, 0.25) is 0 Å². The Labute approximate surface area is 118 Å². The van der Waals surface area contributed by atoms with Gasteiger partial charge in [-0.3, -0.25) is 4.79 Å². The Balaban J connectivity index is 2.35. The van der Waals surface area contributed by atoms with Crippen molar-refractivity contribution in [2.24, 2.45) is 0 Å². The highest BCUT2D eigenvalue weighted by Gasteiger charge is 2.15. The second-order valence-corrected chi connectivity index (χ2v) is 4.85. The van der Waals surface area contributed by atoms with Crippen LogP contribution < -0.4 is 5.32 Å². The van der Waals surface area contributed by atoms with E-state index in [1.165, 1.54) is 6.07 Å². The van der Waals surface area contributed by atoms with Gasteiger partial charge in [0.25, 0.3) is 5.91 Å². The predicted molar refractivity (Wildman–Crippen MR) is 79.6 cm³/mol. The van der Waals surface area contributed by atoms with E-state index >= 15 is 0 Å². The van der Waals surface area contributed by atoms with Crippen molar-refractivity contribution in [3.8, 4) is 0 Å². The van der Waals surface area contributed by atoms with Gasteiger partial charge in [-0.1, -0.05) is 37.3 Å². The molecule has 0 saturated carbocycles. The molecule has 2 nitrogen and oxygen atoms in total. The topological polar surface area (TPSA) is 29.1 Å². The fourth-order valence-electron chi connectivity index (χ4n) is 2.21. The quantitative estimate of drug-likeness (QED) is 0.888. The standard InChI is InChI=1S/C17H18FNO/c1-4-13-9-5-8-12(3)16(13)19-17(20)14-10-6-7-11(2)15(14)18/h5-10H,4H2,1-3H3,(H,19,20). The lowest BCUT2D eigenvalue weighted by Gasteiger charge is -2.13. The monoisotopic (exact) mass is 271 g/mol. The normalized spacial score (nSPS) is 10.4. The first-order valence-corrected chi connectivity index (χ1v) is 6.69. The number of hydrogen-bond acceptors (Lipinski definition) is 1. The zero-order valence-electron chi connectivity index (χ0n) is 12.0. The van der Waals surface area contributed by atoms with Crippen molar-refractivity contribution in [3.05, 3.63) is 64.5 Å². The summed E-state index contributed by atoms with van der Waals surface area (Å²) >= 11 is 0. The molecule has 1 amide bonds. The molecule has 0 aliphatic rings. The molecule has 0 unspecified atom stereocenters. The Morgan fingerprint density at radius 2 is 1.75 bits per heavy atom. The number of nitrogens with one attached hydrogen (secondary N) is 1. The number of benzene rings is 2. The number of halogens is 1. The Morgan fingerprint density at radius 3 is 2.45 bits per heavy atom. The molecule has 0 radical (unpaired) electrons. The van der Waals surface area contributed by atoms with Crippen LogP contribution in [0.15, 0.2) is 36.4 Å². The lowest BCUT2D eigenvalue weighted by Crippen LogP contribution is -2.16. The molecule has 0 spiro atoms. The maximum Gasteiger partial charge on any atom is 0.258 e. The van der Waals surface area contributed by atoms with E-state index < -0.39 is 11.7 Å². The molecule has 0 saturated heterocycles. The van der Waals surface area contributed by atoms with Crippen molar-refractivity contribution >= 4 is 11.6 Å². The van der Waals surface area contributed by atoms with Gasteiger partial charge in [0.1, 0.15) is 5.82 Å². The Kier molecular flexibility index (Phi) is 4.18. The third-order valence-electron chi connectivity index (χ3n) is 3.41. The second kappa shape index (κ2) is 5.87. The largest absolute Gasteiger partial charge is 0.321 e. The summed E-state index contributed by atoms with van der Waals surface area (Å²) in [5, 5.41) is 2.84. The van der Waals surface area contributed by atoms with Crippen molar-refractivity contribution in [2.75, 3.05) is 5.32 Å². The number of hydrogen-bond donors (Lipinski definition) is 1. The van der Waals surface area contributed by atoms with Gasteiger partial charge in [-0.05, 0) is 43.0 Å². The SMILES string of the molecule is CCc1cccc(C)c1NC(=O)c1cccc(C)c1F. The lowest BCUT2D eigenvalue weighted by molar-refractivity contribution is 0.102. The molecular weight excluding hydrogens is 253 g/mol. The van der Waals surface area contributed by atoms with E-state index in [-0.39, 0.29) is 5.56 Å². The van der Waals surface area contributed by atoms with E-state index in [9.17, 15) is 9.18 Å². The minimum Gasteiger partial charge on any atom is -0.321 e. The van der Waals surface area contributed by atoms with Crippen LogP contribution in [0.1, 0.15) is 34.0 Å². The molecule has 0 fully saturated rings. The third kappa shape index (κ3) is 2.72. The van der Waals surface area contributed by atoms with Gasteiger partial charge in [-0.25, -0.2) is 4.39 Å². The maximum atomic E-state index is 14.0. The molecule has 2 aromatic rings. The van der Waals surface area contributed by atoms with Crippen LogP contribution in [-0.4, -0.2) is 5.91 Å². The number of para-hydroxylation sites is 1. The second-order valence-electron chi connectivity index (χ2n) is 4.85. The summed E-state index contributed by atoms with van der Waals surface area (Å²) in [6.07, 6.45) is 0.813. The summed E-state index contributed by atoms with van der Waals surface area (Å²) in [4.78, 5) is 12.3. The zero-order chi connectivity index (χ0) is 14.7. The van der Waals surface area contributed by atoms with Gasteiger partial charge in [-0.2, -0.15) is 0 Å². The molecule has 2 aromatic carbocycles. The predicted octanol–water partition coefficient (Wildman–Crippen LogP) is 4.26. The van der Waals surface area contributed by atoms with Crippen LogP contribution in [-0.2, 0) is 6.42 Å². The zero-order valence-corrected chi connectivity index (χ0v) is 12.0. The average Bonchev–Trinajstić information content (AvgIpc) is 2.44. The fraction of sp³-hybridized carbons (Fsp3) is 0.235. The number of rotatable bonds is 3. The highest BCUT2D eigenvalue weighted by atomic mass is 19.1. The lowest BCUT2D eigenvalue weighted by atomic mass is 10.0. The molecule has 1 N–H and O–H groups in total. The van der Waals surface area contributed by atoms with E-state index in [0.29, 0.717) is 5.56 Å². The summed E-state index contributed by atoms with van der Waals surface area (Å²) in [5.74, 6) is -0.869. The molecule has 104 valence electrons. The van der Waals surface area contributed by atoms with Crippen molar-refractivity contribution < 1.29 is 9.18 Å². The van der Waals surface area contributed by atoms with Crippen LogP contribution in [0.5, 0.6) is 0 Å². The molecular formula is C17H18FNO. The van der Waals surface area contributed by atoms with Crippen LogP contribution in [0.4, 0.5) is 10.1 Å². The van der Waals surface area contributed by atoms with E-state index in [4.69, 9.17) is 0 Å². The van der Waals surface area contributed by atoms with Gasteiger partial charge in [0.05, 0.1) is 5.56 Å². The summed E-state index contributed by atoms with van der Waals surface area (Å²) in [6.45, 7) is 5.61. The minimum absolute atomic E-state index is 0.0790. The van der Waals surface area contributed by atoms with Gasteiger partial charge in [-0.15, -0.1) is 0 Å². The van der Waals surface area contributed by atoms with E-state index in [0.717, 1.165) is 23.2 Å². The molecule has 3 heteroatoms. The number of carbonyl (C=O) groups excluding carboxylic acids is 1. The van der Waals surface area contributed by atoms with Crippen molar-refractivity contribution in [3.63, 3.8) is 0 Å². The Hall–Kier alpha value is -2.16. The Morgan fingerprint density at radius 1 is 1.10 bits per heavy atom. The van der Waals surface area contributed by atoms with Gasteiger partial charge in [0, 0.05) is 5.69 Å². The first-order valence-electron chi connectivity index (χ1n) is 6.69. The highest BCUT2D eigenvalue weighted by molar-refractivity contribution is 6.05. The van der Waals surface area contributed by atoms with Crippen molar-refractivity contribution in [1.29, 1.82) is 0 Å². The van der Waals surface area contributed by atoms with Gasteiger partial charge in [0.2, 0.25) is 0 Å². The minimum atomic E-state index is -0.461. The molecule has 0 aliphatic carbocycles. The smallest absolute Gasteiger partial charge is 0.258 e. The number of carbonyl (C=O) groups is 1. The average molecular weight is 271 g/mol. The van der Waals surface area contributed by atoms with Crippen LogP contribution >= 0.6 is 0 Å². The first-order chi connectivity index (χ1) is 9.54. The maximum absolute atomic E-state index is 14.0. The number of aryl methyl sites for hydroxylation is 3. The third-order valence-corrected chi connectivity index (χ3v) is 3.41. The number of anilines is 1. The molecule has 2 rings (SSSR count). The summed E-state index contributed by atoms with van der Waals surface area (Å²) in [7, 11) is 0. The van der Waals surface area contributed by atoms with Gasteiger partial charge >= 0.3 is 0 Å². The van der Waals surface area contributed by atoms with Crippen LogP contribution in [0.3, 0.4) is 0 Å². The van der Waals surface area contributed by atoms with E-state index in [1.54, 1.807) is 19.1 Å². The summed E-state index contributed by atoms with van der Waals surface area (Å²) in [6, 6.07) is 10.7. The van der Waals surface area contributed by atoms with Gasteiger partial charge in [0.15, 0.2) is 0 Å². The summed E-state index contributed by atoms with van der Waals surface area (Å²) < 4.78 is 14.0. The molecule has 0 aliphatic heterocycles. The molecule has 0 heterocycles. The Bertz CT molecular complexity index is 649. The summed E-state index contributed by atoms with van der Waals surface area (Å²) in [5.41, 5.74) is 3.35. The van der Waals surface area contributed by atoms with Crippen LogP contribution in [0.25, 0.3) is 0 Å². The number of amides is 1. The molecule has 20 heavy (non-hydrogen) atoms. The van der Waals surface area contributed by atoms with E-state index in [1.807, 2.05) is 32.0 Å². The first kappa shape index (κ1) is 14.3. The molecule has 0 bridgehead atoms. The van der Waals surface area contributed by atoms with Gasteiger partial charge < -0.3 is 5.32 Å². The molecule has 0 aromatic heterocycles. The van der Waals surface area contributed by atoms with Crippen LogP contribution in [0, 0.1) is 19.7 Å². The highest BCUT2D eigenvalue weighted by Crippen LogP contribution is 2.22. The van der Waals surface area contributed by atoms with Crippen molar-refractivity contribution in [2.45, 2.75) is 27.2 Å². The fourth-order valence-corrected chi connectivity index (χ4v) is 2.21. The van der Waals surface area contributed by atoms with E-state index in [2.05, 4.69) is 5.32 Å². The van der Waals surface area contributed by atoms with Crippen molar-refractivity contribution in [1.82, 2.24) is 0 Å². The molecule has 0 atom stereocenters.